The van der Waals surface area contributed by atoms with Gasteiger partial charge in [-0.2, -0.15) is 11.3 Å². The normalized spacial score (nSPS) is 15.4. The van der Waals surface area contributed by atoms with Crippen molar-refractivity contribution in [3.8, 4) is 5.75 Å². The van der Waals surface area contributed by atoms with E-state index in [2.05, 4.69) is 16.1 Å². The molecule has 2 aromatic rings. The summed E-state index contributed by atoms with van der Waals surface area (Å²) >= 11 is 8.15. The van der Waals surface area contributed by atoms with E-state index in [1.54, 1.807) is 11.3 Å². The smallest absolute Gasteiger partial charge is 0.262 e. The Balaban J connectivity index is 1.96. The number of nitrogens with one attached hydrogen (secondary N) is 1. The predicted octanol–water partition coefficient (Wildman–Crippen LogP) is 3.72. The Morgan fingerprint density at radius 1 is 1.42 bits per heavy atom. The number of thiophene rings is 1. The molecule has 5 heteroatoms. The molecule has 98 valence electrons. The van der Waals surface area contributed by atoms with Gasteiger partial charge >= 0.3 is 0 Å². The van der Waals surface area contributed by atoms with Crippen LogP contribution in [0.4, 0.5) is 5.69 Å². The van der Waals surface area contributed by atoms with Crippen molar-refractivity contribution in [2.24, 2.45) is 0 Å². The van der Waals surface area contributed by atoms with Crippen LogP contribution in [-0.4, -0.2) is 12.5 Å². The maximum atomic E-state index is 11.3. The lowest BCUT2D eigenvalue weighted by atomic mass is 10.0. The predicted molar refractivity (Wildman–Crippen MR) is 77.3 cm³/mol. The molecule has 1 N–H and O–H groups in total. The number of benzene rings is 1. The molecule has 3 nitrogen and oxygen atoms in total. The third-order valence-electron chi connectivity index (χ3n) is 3.10. The van der Waals surface area contributed by atoms with Gasteiger partial charge in [0.1, 0.15) is 5.75 Å². The molecule has 0 saturated heterocycles. The lowest BCUT2D eigenvalue weighted by molar-refractivity contribution is -0.118. The zero-order chi connectivity index (χ0) is 13.4. The van der Waals surface area contributed by atoms with E-state index in [0.29, 0.717) is 11.4 Å². The van der Waals surface area contributed by atoms with Gasteiger partial charge in [-0.05, 0) is 46.5 Å². The van der Waals surface area contributed by atoms with Crippen LogP contribution >= 0.6 is 22.9 Å². The maximum Gasteiger partial charge on any atom is 0.262 e. The molecule has 0 fully saturated rings. The average Bonchev–Trinajstić information content (AvgIpc) is 2.83. The topological polar surface area (TPSA) is 38.3 Å². The number of carbonyl (C=O) groups excluding carboxylic acids is 1. The molecule has 0 spiro atoms. The van der Waals surface area contributed by atoms with Gasteiger partial charge in [0.15, 0.2) is 6.61 Å². The molecule has 0 radical (unpaired) electrons. The molecule has 0 saturated carbocycles. The fraction of sp³-hybridized carbons (Fsp3) is 0.214. The van der Waals surface area contributed by atoms with E-state index >= 15 is 0 Å². The van der Waals surface area contributed by atoms with Crippen molar-refractivity contribution >= 4 is 34.5 Å². The number of carbonyl (C=O) groups is 1. The number of rotatable bonds is 2. The Bertz CT molecular complexity index is 638. The summed E-state index contributed by atoms with van der Waals surface area (Å²) in [5.74, 6) is 0.553. The number of fused-ring (bicyclic) bond motifs is 1. The summed E-state index contributed by atoms with van der Waals surface area (Å²) in [6.45, 7) is 2.12. The van der Waals surface area contributed by atoms with Crippen molar-refractivity contribution in [3.63, 3.8) is 0 Å². The van der Waals surface area contributed by atoms with Crippen molar-refractivity contribution in [1.29, 1.82) is 0 Å². The number of hydrogen-bond donors (Lipinski definition) is 1. The summed E-state index contributed by atoms with van der Waals surface area (Å²) in [6.07, 6.45) is 0. The lowest BCUT2D eigenvalue weighted by Gasteiger charge is -2.19. The molecule has 1 aromatic heterocycles. The summed E-state index contributed by atoms with van der Waals surface area (Å²) in [5.41, 5.74) is 3.93. The second-order valence-electron chi connectivity index (χ2n) is 4.47. The van der Waals surface area contributed by atoms with Crippen molar-refractivity contribution in [1.82, 2.24) is 0 Å². The van der Waals surface area contributed by atoms with Crippen LogP contribution in [-0.2, 0) is 4.79 Å². The summed E-state index contributed by atoms with van der Waals surface area (Å²) in [7, 11) is 0. The molecular formula is C14H12ClNO2S. The van der Waals surface area contributed by atoms with Crippen LogP contribution in [0.15, 0.2) is 29.0 Å². The van der Waals surface area contributed by atoms with Crippen LogP contribution in [0, 0.1) is 6.92 Å². The summed E-state index contributed by atoms with van der Waals surface area (Å²) in [6, 6.07) is 5.66. The van der Waals surface area contributed by atoms with Gasteiger partial charge in [0.05, 0.1) is 11.1 Å². The number of aryl methyl sites for hydroxylation is 1. The van der Waals surface area contributed by atoms with Gasteiger partial charge in [-0.1, -0.05) is 6.07 Å². The third kappa shape index (κ3) is 2.33. The van der Waals surface area contributed by atoms with Gasteiger partial charge in [0, 0.05) is 0 Å². The standard InChI is InChI=1S/C14H12ClNO2S/c1-8-6-19-7-10(8)14(15)9-2-3-12-11(4-9)16-13(17)5-18-12/h2-4,6-7,14H,5H2,1H3,(H,16,17). The molecule has 1 atom stereocenters. The first kappa shape index (κ1) is 12.5. The third-order valence-corrected chi connectivity index (χ3v) is 4.46. The molecule has 2 heterocycles. The van der Waals surface area contributed by atoms with Gasteiger partial charge in [0.25, 0.3) is 5.91 Å². The van der Waals surface area contributed by atoms with Gasteiger partial charge in [-0.3, -0.25) is 4.79 Å². The number of alkyl halides is 1. The van der Waals surface area contributed by atoms with Gasteiger partial charge in [-0.15, -0.1) is 11.6 Å². The van der Waals surface area contributed by atoms with Crippen molar-refractivity contribution < 1.29 is 9.53 Å². The van der Waals surface area contributed by atoms with E-state index in [9.17, 15) is 4.79 Å². The van der Waals surface area contributed by atoms with Crippen LogP contribution in [0.1, 0.15) is 22.1 Å². The van der Waals surface area contributed by atoms with E-state index in [-0.39, 0.29) is 17.9 Å². The number of anilines is 1. The first-order valence-corrected chi connectivity index (χ1v) is 7.26. The molecule has 0 bridgehead atoms. The van der Waals surface area contributed by atoms with Crippen LogP contribution in [0.3, 0.4) is 0 Å². The minimum absolute atomic E-state index is 0.0697. The highest BCUT2D eigenvalue weighted by molar-refractivity contribution is 7.08. The molecule has 1 unspecified atom stereocenters. The summed E-state index contributed by atoms with van der Waals surface area (Å²) in [5, 5.41) is 6.72. The zero-order valence-corrected chi connectivity index (χ0v) is 11.8. The maximum absolute atomic E-state index is 11.3. The van der Waals surface area contributed by atoms with E-state index in [4.69, 9.17) is 16.3 Å². The van der Waals surface area contributed by atoms with Gasteiger partial charge in [-0.25, -0.2) is 0 Å². The van der Waals surface area contributed by atoms with E-state index in [0.717, 1.165) is 11.1 Å². The highest BCUT2D eigenvalue weighted by Crippen LogP contribution is 2.37. The Morgan fingerprint density at radius 2 is 2.26 bits per heavy atom. The van der Waals surface area contributed by atoms with Crippen LogP contribution in [0.5, 0.6) is 5.75 Å². The summed E-state index contributed by atoms with van der Waals surface area (Å²) < 4.78 is 5.33. The Morgan fingerprint density at radius 3 is 3.00 bits per heavy atom. The second kappa shape index (κ2) is 4.87. The molecule has 19 heavy (non-hydrogen) atoms. The van der Waals surface area contributed by atoms with Crippen molar-refractivity contribution in [3.05, 3.63) is 45.6 Å². The van der Waals surface area contributed by atoms with Crippen LogP contribution in [0.25, 0.3) is 0 Å². The fourth-order valence-electron chi connectivity index (χ4n) is 2.07. The molecule has 3 rings (SSSR count). The lowest BCUT2D eigenvalue weighted by Crippen LogP contribution is -2.25. The Hall–Kier alpha value is -1.52. The highest BCUT2D eigenvalue weighted by Gasteiger charge is 2.19. The number of hydrogen-bond acceptors (Lipinski definition) is 3. The minimum Gasteiger partial charge on any atom is -0.482 e. The second-order valence-corrected chi connectivity index (χ2v) is 5.65. The highest BCUT2D eigenvalue weighted by atomic mass is 35.5. The Labute approximate surface area is 120 Å². The van der Waals surface area contributed by atoms with Crippen LogP contribution in [0.2, 0.25) is 0 Å². The average molecular weight is 294 g/mol. The molecule has 1 aliphatic heterocycles. The van der Waals surface area contributed by atoms with Crippen LogP contribution < -0.4 is 10.1 Å². The molecule has 1 amide bonds. The van der Waals surface area contributed by atoms with E-state index < -0.39 is 0 Å². The Kier molecular flexibility index (Phi) is 3.21. The number of amides is 1. The van der Waals surface area contributed by atoms with Gasteiger partial charge < -0.3 is 10.1 Å². The van der Waals surface area contributed by atoms with E-state index in [1.807, 2.05) is 25.1 Å². The van der Waals surface area contributed by atoms with Crippen molar-refractivity contribution in [2.75, 3.05) is 11.9 Å². The summed E-state index contributed by atoms with van der Waals surface area (Å²) in [4.78, 5) is 11.3. The fourth-order valence-corrected chi connectivity index (χ4v) is 3.39. The van der Waals surface area contributed by atoms with Crippen molar-refractivity contribution in [2.45, 2.75) is 12.3 Å². The molecular weight excluding hydrogens is 282 g/mol. The molecule has 1 aromatic carbocycles. The monoisotopic (exact) mass is 293 g/mol. The SMILES string of the molecule is Cc1cscc1C(Cl)c1ccc2c(c1)NC(=O)CO2. The molecule has 1 aliphatic rings. The minimum atomic E-state index is -0.213. The zero-order valence-electron chi connectivity index (χ0n) is 10.3. The van der Waals surface area contributed by atoms with E-state index in [1.165, 1.54) is 5.56 Å². The first-order valence-electron chi connectivity index (χ1n) is 5.88. The largest absolute Gasteiger partial charge is 0.482 e. The number of ether oxygens (including phenoxy) is 1. The van der Waals surface area contributed by atoms with Gasteiger partial charge in [0.2, 0.25) is 0 Å². The molecule has 0 aliphatic carbocycles. The quantitative estimate of drug-likeness (QED) is 0.857. The first-order chi connectivity index (χ1) is 9.15. The number of halogens is 1.